The fourth-order valence-electron chi connectivity index (χ4n) is 1.77. The number of halogens is 5. The summed E-state index contributed by atoms with van der Waals surface area (Å²) < 4.78 is 63.5. The number of alkyl halides is 4. The standard InChI is InChI=1S/C7H5F5/c8-4-1-3-2-6(4,10)7(11,12)5(3)9/h1,3,5H,2H2. The molecule has 3 atom stereocenters. The Kier molecular flexibility index (Phi) is 1.22. The maximum absolute atomic E-state index is 13.1. The molecular weight excluding hydrogens is 179 g/mol. The Bertz CT molecular complexity index is 259. The second kappa shape index (κ2) is 1.83. The molecule has 0 aromatic carbocycles. The molecular formula is C7H5F5. The van der Waals surface area contributed by atoms with Crippen LogP contribution in [0.5, 0.6) is 0 Å². The monoisotopic (exact) mass is 184 g/mol. The summed E-state index contributed by atoms with van der Waals surface area (Å²) in [6.45, 7) is 0. The molecule has 0 nitrogen and oxygen atoms in total. The molecule has 0 amide bonds. The van der Waals surface area contributed by atoms with Crippen LogP contribution in [0.3, 0.4) is 0 Å². The van der Waals surface area contributed by atoms with Crippen molar-refractivity contribution in [1.82, 2.24) is 0 Å². The van der Waals surface area contributed by atoms with Crippen molar-refractivity contribution in [1.29, 1.82) is 0 Å². The highest BCUT2D eigenvalue weighted by Crippen LogP contribution is 2.59. The average Bonchev–Trinajstić information content (AvgIpc) is 2.33. The lowest BCUT2D eigenvalue weighted by Crippen LogP contribution is -2.46. The fraction of sp³-hybridized carbons (Fsp3) is 0.714. The van der Waals surface area contributed by atoms with E-state index < -0.39 is 35.9 Å². The minimum absolute atomic E-state index is 0.613. The van der Waals surface area contributed by atoms with Gasteiger partial charge in [-0.25, -0.2) is 13.2 Å². The largest absolute Gasteiger partial charge is 0.318 e. The zero-order valence-corrected chi connectivity index (χ0v) is 5.83. The van der Waals surface area contributed by atoms with Gasteiger partial charge in [-0.3, -0.25) is 0 Å². The maximum atomic E-state index is 13.1. The molecule has 0 heterocycles. The first-order valence-corrected chi connectivity index (χ1v) is 3.48. The maximum Gasteiger partial charge on any atom is 0.318 e. The predicted molar refractivity (Wildman–Crippen MR) is 31.0 cm³/mol. The van der Waals surface area contributed by atoms with E-state index in [1.54, 1.807) is 0 Å². The lowest BCUT2D eigenvalue weighted by atomic mass is 9.98. The van der Waals surface area contributed by atoms with E-state index in [2.05, 4.69) is 0 Å². The van der Waals surface area contributed by atoms with Crippen molar-refractivity contribution in [2.24, 2.45) is 5.92 Å². The summed E-state index contributed by atoms with van der Waals surface area (Å²) in [5.41, 5.74) is -3.38. The van der Waals surface area contributed by atoms with Gasteiger partial charge in [-0.15, -0.1) is 0 Å². The zero-order chi connectivity index (χ0) is 9.15. The van der Waals surface area contributed by atoms with Crippen LogP contribution in [0.4, 0.5) is 22.0 Å². The summed E-state index contributed by atoms with van der Waals surface area (Å²) in [4.78, 5) is 0. The highest BCUT2D eigenvalue weighted by atomic mass is 19.3. The van der Waals surface area contributed by atoms with Crippen molar-refractivity contribution in [3.63, 3.8) is 0 Å². The Balaban J connectivity index is 2.50. The molecule has 2 bridgehead atoms. The van der Waals surface area contributed by atoms with Gasteiger partial charge in [-0.1, -0.05) is 0 Å². The molecule has 1 saturated carbocycles. The first-order chi connectivity index (χ1) is 5.39. The van der Waals surface area contributed by atoms with E-state index in [0.29, 0.717) is 6.08 Å². The number of hydrogen-bond donors (Lipinski definition) is 0. The third-order valence-corrected chi connectivity index (χ3v) is 2.51. The number of allylic oxidation sites excluding steroid dienone is 2. The number of fused-ring (bicyclic) bond motifs is 2. The van der Waals surface area contributed by atoms with E-state index in [-0.39, 0.29) is 0 Å². The van der Waals surface area contributed by atoms with Crippen LogP contribution < -0.4 is 0 Å². The third-order valence-electron chi connectivity index (χ3n) is 2.51. The Morgan fingerprint density at radius 2 is 1.92 bits per heavy atom. The molecule has 0 radical (unpaired) electrons. The predicted octanol–water partition coefficient (Wildman–Crippen LogP) is 2.56. The van der Waals surface area contributed by atoms with Crippen LogP contribution in [0, 0.1) is 5.92 Å². The molecule has 68 valence electrons. The van der Waals surface area contributed by atoms with E-state index in [4.69, 9.17) is 0 Å². The van der Waals surface area contributed by atoms with Gasteiger partial charge >= 0.3 is 5.92 Å². The van der Waals surface area contributed by atoms with Crippen LogP contribution >= 0.6 is 0 Å². The second-order valence-electron chi connectivity index (χ2n) is 3.21. The van der Waals surface area contributed by atoms with E-state index in [0.717, 1.165) is 0 Å². The molecule has 0 saturated heterocycles. The molecule has 5 heteroatoms. The number of hydrogen-bond acceptors (Lipinski definition) is 0. The first kappa shape index (κ1) is 8.01. The second-order valence-corrected chi connectivity index (χ2v) is 3.21. The first-order valence-electron chi connectivity index (χ1n) is 3.48. The van der Waals surface area contributed by atoms with Gasteiger partial charge in [0, 0.05) is 12.3 Å². The minimum Gasteiger partial charge on any atom is -0.240 e. The van der Waals surface area contributed by atoms with Crippen molar-refractivity contribution < 1.29 is 22.0 Å². The van der Waals surface area contributed by atoms with Crippen molar-refractivity contribution in [2.45, 2.75) is 24.2 Å². The van der Waals surface area contributed by atoms with Crippen molar-refractivity contribution >= 4 is 0 Å². The Hall–Kier alpha value is -0.610. The van der Waals surface area contributed by atoms with Crippen LogP contribution in [-0.2, 0) is 0 Å². The summed E-state index contributed by atoms with van der Waals surface area (Å²) >= 11 is 0. The lowest BCUT2D eigenvalue weighted by molar-refractivity contribution is -0.143. The van der Waals surface area contributed by atoms with Gasteiger partial charge in [0.1, 0.15) is 5.83 Å². The van der Waals surface area contributed by atoms with Crippen LogP contribution in [-0.4, -0.2) is 17.8 Å². The van der Waals surface area contributed by atoms with E-state index in [9.17, 15) is 22.0 Å². The molecule has 0 aromatic rings. The highest BCUT2D eigenvalue weighted by molar-refractivity contribution is 5.32. The van der Waals surface area contributed by atoms with Gasteiger partial charge in [0.2, 0.25) is 5.67 Å². The lowest BCUT2D eigenvalue weighted by Gasteiger charge is -2.27. The van der Waals surface area contributed by atoms with Gasteiger partial charge in [-0.05, 0) is 6.08 Å². The molecule has 1 fully saturated rings. The van der Waals surface area contributed by atoms with Crippen molar-refractivity contribution in [3.8, 4) is 0 Å². The topological polar surface area (TPSA) is 0 Å². The van der Waals surface area contributed by atoms with E-state index in [1.807, 2.05) is 0 Å². The normalized spacial score (nSPS) is 49.6. The Morgan fingerprint density at radius 1 is 1.33 bits per heavy atom. The number of rotatable bonds is 0. The molecule has 3 unspecified atom stereocenters. The third kappa shape index (κ3) is 0.593. The van der Waals surface area contributed by atoms with Crippen LogP contribution in [0.25, 0.3) is 0 Å². The molecule has 0 aliphatic heterocycles. The molecule has 2 aliphatic rings. The summed E-state index contributed by atoms with van der Waals surface area (Å²) in [7, 11) is 0. The fourth-order valence-corrected chi connectivity index (χ4v) is 1.77. The Labute approximate surface area is 65.1 Å². The molecule has 0 aromatic heterocycles. The van der Waals surface area contributed by atoms with Crippen LogP contribution in [0.1, 0.15) is 6.42 Å². The van der Waals surface area contributed by atoms with Crippen molar-refractivity contribution in [2.75, 3.05) is 0 Å². The molecule has 2 rings (SSSR count). The molecule has 12 heavy (non-hydrogen) atoms. The SMILES string of the molecule is FC1=CC2CC1(F)C(F)(F)C2F. The average molecular weight is 184 g/mol. The smallest absolute Gasteiger partial charge is 0.240 e. The molecule has 0 spiro atoms. The summed E-state index contributed by atoms with van der Waals surface area (Å²) in [6.07, 6.45) is -2.74. The minimum atomic E-state index is -4.20. The molecule has 2 aliphatic carbocycles. The summed E-state index contributed by atoms with van der Waals surface area (Å²) in [5, 5.41) is 0. The quantitative estimate of drug-likeness (QED) is 0.507. The van der Waals surface area contributed by atoms with Crippen LogP contribution in [0.2, 0.25) is 0 Å². The van der Waals surface area contributed by atoms with Gasteiger partial charge < -0.3 is 0 Å². The van der Waals surface area contributed by atoms with Gasteiger partial charge in [0.25, 0.3) is 0 Å². The van der Waals surface area contributed by atoms with Crippen LogP contribution in [0.15, 0.2) is 11.9 Å². The van der Waals surface area contributed by atoms with Gasteiger partial charge in [0.05, 0.1) is 0 Å². The molecule has 0 N–H and O–H groups in total. The summed E-state index contributed by atoms with van der Waals surface area (Å²) in [6, 6.07) is 0. The van der Waals surface area contributed by atoms with Crippen molar-refractivity contribution in [3.05, 3.63) is 11.9 Å². The van der Waals surface area contributed by atoms with Gasteiger partial charge in [0.15, 0.2) is 6.17 Å². The van der Waals surface area contributed by atoms with E-state index >= 15 is 0 Å². The summed E-state index contributed by atoms with van der Waals surface area (Å²) in [5.74, 6) is -7.02. The van der Waals surface area contributed by atoms with Gasteiger partial charge in [-0.2, -0.15) is 8.78 Å². The zero-order valence-electron chi connectivity index (χ0n) is 5.83. The highest BCUT2D eigenvalue weighted by Gasteiger charge is 2.74. The Morgan fingerprint density at radius 3 is 2.25 bits per heavy atom. The van der Waals surface area contributed by atoms with E-state index in [1.165, 1.54) is 0 Å².